The summed E-state index contributed by atoms with van der Waals surface area (Å²) in [7, 11) is 0. The average molecular weight is 310 g/mol. The van der Waals surface area contributed by atoms with Gasteiger partial charge in [0.1, 0.15) is 6.42 Å². The van der Waals surface area contributed by atoms with E-state index in [0.717, 1.165) is 10.0 Å². The van der Waals surface area contributed by atoms with Gasteiger partial charge in [0, 0.05) is 11.0 Å². The van der Waals surface area contributed by atoms with Gasteiger partial charge in [-0.15, -0.1) is 0 Å². The summed E-state index contributed by atoms with van der Waals surface area (Å²) in [6, 6.07) is 8.83. The van der Waals surface area contributed by atoms with E-state index in [2.05, 4.69) is 26.6 Å². The van der Waals surface area contributed by atoms with Crippen molar-refractivity contribution in [2.24, 2.45) is 0 Å². The molecular weight excluding hydrogens is 298 g/mol. The van der Waals surface area contributed by atoms with Gasteiger partial charge in [-0.3, -0.25) is 10.1 Å². The number of nitrogens with one attached hydrogen (secondary N) is 2. The van der Waals surface area contributed by atoms with Crippen LogP contribution in [0.5, 0.6) is 0 Å². The molecule has 0 atom stereocenters. The number of carbonyl (C=O) groups excluding carboxylic acids is 2. The molecule has 3 amide bonds. The van der Waals surface area contributed by atoms with E-state index >= 15 is 0 Å². The minimum Gasteiger partial charge on any atom is -0.337 e. The van der Waals surface area contributed by atoms with Crippen LogP contribution in [0, 0.1) is 11.3 Å². The monoisotopic (exact) mass is 309 g/mol. The summed E-state index contributed by atoms with van der Waals surface area (Å²) in [5.74, 6) is -0.598. The number of hydrogen-bond donors (Lipinski definition) is 2. The molecule has 5 nitrogen and oxygen atoms in total. The zero-order valence-corrected chi connectivity index (χ0v) is 11.2. The van der Waals surface area contributed by atoms with Crippen molar-refractivity contribution in [3.63, 3.8) is 0 Å². The maximum absolute atomic E-state index is 11.2. The number of nitrogens with zero attached hydrogens (tertiary/aromatic N) is 1. The number of carbonyl (C=O) groups is 2. The van der Waals surface area contributed by atoms with Crippen LogP contribution >= 0.6 is 15.9 Å². The quantitative estimate of drug-likeness (QED) is 0.888. The lowest BCUT2D eigenvalue weighted by Crippen LogP contribution is -2.40. The van der Waals surface area contributed by atoms with Crippen molar-refractivity contribution in [1.29, 1.82) is 5.26 Å². The fourth-order valence-corrected chi connectivity index (χ4v) is 1.52. The van der Waals surface area contributed by atoms with Gasteiger partial charge >= 0.3 is 6.03 Å². The van der Waals surface area contributed by atoms with Crippen molar-refractivity contribution in [2.45, 2.75) is 12.8 Å². The van der Waals surface area contributed by atoms with E-state index in [4.69, 9.17) is 5.26 Å². The average Bonchev–Trinajstić information content (AvgIpc) is 2.32. The molecule has 0 aromatic heterocycles. The van der Waals surface area contributed by atoms with Gasteiger partial charge in [0.15, 0.2) is 0 Å². The smallest absolute Gasteiger partial charge is 0.321 e. The standard InChI is InChI=1S/C12H12BrN3O2/c13-10-3-1-9(2-4-10)6-8-15-12(18)16-11(17)5-7-14/h1-4H,5-6,8H2,(H2,15,16,17,18). The van der Waals surface area contributed by atoms with Crippen molar-refractivity contribution in [3.05, 3.63) is 34.3 Å². The molecular formula is C12H12BrN3O2. The Labute approximate surface area is 113 Å². The number of imide groups is 1. The molecule has 0 aliphatic rings. The maximum Gasteiger partial charge on any atom is 0.321 e. The molecule has 0 heterocycles. The number of urea groups is 1. The van der Waals surface area contributed by atoms with Gasteiger partial charge in [0.2, 0.25) is 5.91 Å². The topological polar surface area (TPSA) is 82.0 Å². The lowest BCUT2D eigenvalue weighted by atomic mass is 10.1. The molecule has 0 aliphatic carbocycles. The molecule has 0 saturated heterocycles. The molecule has 18 heavy (non-hydrogen) atoms. The molecule has 0 fully saturated rings. The van der Waals surface area contributed by atoms with E-state index in [1.807, 2.05) is 24.3 Å². The van der Waals surface area contributed by atoms with E-state index in [9.17, 15) is 9.59 Å². The number of halogens is 1. The summed E-state index contributed by atoms with van der Waals surface area (Å²) in [6.07, 6.45) is 0.354. The number of benzene rings is 1. The molecule has 1 aromatic carbocycles. The van der Waals surface area contributed by atoms with Gasteiger partial charge in [-0.05, 0) is 24.1 Å². The van der Waals surface area contributed by atoms with E-state index in [1.165, 1.54) is 0 Å². The summed E-state index contributed by atoms with van der Waals surface area (Å²) >= 11 is 3.34. The van der Waals surface area contributed by atoms with Crippen LogP contribution in [0.15, 0.2) is 28.7 Å². The normalized spacial score (nSPS) is 9.33. The molecule has 1 rings (SSSR count). The van der Waals surface area contributed by atoms with Crippen LogP contribution < -0.4 is 10.6 Å². The lowest BCUT2D eigenvalue weighted by molar-refractivity contribution is -0.119. The highest BCUT2D eigenvalue weighted by Gasteiger charge is 2.05. The van der Waals surface area contributed by atoms with E-state index in [-0.39, 0.29) is 6.42 Å². The van der Waals surface area contributed by atoms with Crippen LogP contribution in [-0.2, 0) is 11.2 Å². The molecule has 0 spiro atoms. The van der Waals surface area contributed by atoms with Gasteiger partial charge in [0.25, 0.3) is 0 Å². The SMILES string of the molecule is N#CCC(=O)NC(=O)NCCc1ccc(Br)cc1. The Balaban J connectivity index is 2.25. The van der Waals surface area contributed by atoms with Crippen molar-refractivity contribution in [2.75, 3.05) is 6.54 Å². The van der Waals surface area contributed by atoms with Crippen LogP contribution in [0.2, 0.25) is 0 Å². The second-order valence-corrected chi connectivity index (χ2v) is 4.43. The first-order valence-electron chi connectivity index (χ1n) is 5.31. The zero-order chi connectivity index (χ0) is 13.4. The Hall–Kier alpha value is -1.87. The van der Waals surface area contributed by atoms with Crippen molar-refractivity contribution in [1.82, 2.24) is 10.6 Å². The van der Waals surface area contributed by atoms with Crippen LogP contribution in [0.4, 0.5) is 4.79 Å². The molecule has 0 bridgehead atoms. The van der Waals surface area contributed by atoms with Crippen LogP contribution in [0.1, 0.15) is 12.0 Å². The first-order chi connectivity index (χ1) is 8.61. The third kappa shape index (κ3) is 5.46. The summed E-state index contributed by atoms with van der Waals surface area (Å²) in [4.78, 5) is 22.1. The highest BCUT2D eigenvalue weighted by Crippen LogP contribution is 2.10. The fraction of sp³-hybridized carbons (Fsp3) is 0.250. The third-order valence-corrected chi connectivity index (χ3v) is 2.63. The maximum atomic E-state index is 11.2. The summed E-state index contributed by atoms with van der Waals surface area (Å²) in [6.45, 7) is 0.424. The van der Waals surface area contributed by atoms with Gasteiger partial charge < -0.3 is 5.32 Å². The Morgan fingerprint density at radius 3 is 2.56 bits per heavy atom. The Morgan fingerprint density at radius 2 is 1.94 bits per heavy atom. The number of rotatable bonds is 4. The number of amides is 3. The summed E-state index contributed by atoms with van der Waals surface area (Å²) < 4.78 is 0.999. The van der Waals surface area contributed by atoms with Gasteiger partial charge in [0.05, 0.1) is 6.07 Å². The van der Waals surface area contributed by atoms with Crippen molar-refractivity contribution in [3.8, 4) is 6.07 Å². The van der Waals surface area contributed by atoms with Crippen LogP contribution in [0.25, 0.3) is 0 Å². The third-order valence-electron chi connectivity index (χ3n) is 2.11. The molecule has 0 aliphatic heterocycles. The Morgan fingerprint density at radius 1 is 1.28 bits per heavy atom. The highest BCUT2D eigenvalue weighted by atomic mass is 79.9. The first-order valence-corrected chi connectivity index (χ1v) is 6.10. The lowest BCUT2D eigenvalue weighted by Gasteiger charge is -2.05. The second kappa shape index (κ2) is 7.45. The largest absolute Gasteiger partial charge is 0.337 e. The summed E-state index contributed by atoms with van der Waals surface area (Å²) in [5, 5.41) is 12.9. The van der Waals surface area contributed by atoms with Gasteiger partial charge in [-0.2, -0.15) is 5.26 Å². The van der Waals surface area contributed by atoms with E-state index in [1.54, 1.807) is 6.07 Å². The molecule has 0 saturated carbocycles. The molecule has 1 aromatic rings. The summed E-state index contributed by atoms with van der Waals surface area (Å²) in [5.41, 5.74) is 1.09. The predicted octanol–water partition coefficient (Wildman–Crippen LogP) is 1.73. The van der Waals surface area contributed by atoms with E-state index < -0.39 is 11.9 Å². The van der Waals surface area contributed by atoms with E-state index in [0.29, 0.717) is 13.0 Å². The molecule has 0 unspecified atom stereocenters. The van der Waals surface area contributed by atoms with Crippen molar-refractivity contribution < 1.29 is 9.59 Å². The Bertz CT molecular complexity index is 465. The van der Waals surface area contributed by atoms with Crippen LogP contribution in [0.3, 0.4) is 0 Å². The van der Waals surface area contributed by atoms with Crippen molar-refractivity contribution >= 4 is 27.9 Å². The highest BCUT2D eigenvalue weighted by molar-refractivity contribution is 9.10. The van der Waals surface area contributed by atoms with Gasteiger partial charge in [-0.1, -0.05) is 28.1 Å². The zero-order valence-electron chi connectivity index (χ0n) is 9.57. The molecule has 94 valence electrons. The Kier molecular flexibility index (Phi) is 5.88. The number of hydrogen-bond acceptors (Lipinski definition) is 3. The first kappa shape index (κ1) is 14.2. The predicted molar refractivity (Wildman–Crippen MR) is 69.6 cm³/mol. The fourth-order valence-electron chi connectivity index (χ4n) is 1.26. The molecule has 2 N–H and O–H groups in total. The minimum atomic E-state index is -0.598. The number of nitriles is 1. The van der Waals surface area contributed by atoms with Gasteiger partial charge in [-0.25, -0.2) is 4.79 Å². The van der Waals surface area contributed by atoms with Crippen LogP contribution in [-0.4, -0.2) is 18.5 Å². The molecule has 0 radical (unpaired) electrons. The molecule has 6 heteroatoms. The minimum absolute atomic E-state index is 0.319. The second-order valence-electron chi connectivity index (χ2n) is 3.52.